The molecule has 2 heterocycles. The first-order chi connectivity index (χ1) is 16.8. The minimum Gasteiger partial charge on any atom is -0.299 e. The topological polar surface area (TPSA) is 94.9 Å². The van der Waals surface area contributed by atoms with Crippen molar-refractivity contribution in [3.8, 4) is 0 Å². The van der Waals surface area contributed by atoms with Crippen LogP contribution >= 0.6 is 10.6 Å². The molecule has 35 heavy (non-hydrogen) atoms. The number of fused-ring (bicyclic) bond motifs is 1. The smallest absolute Gasteiger partial charge is 0.187 e. The number of sulfone groups is 1. The number of hydrogen-bond acceptors (Lipinski definition) is 6. The summed E-state index contributed by atoms with van der Waals surface area (Å²) in [6.07, 6.45) is 1.36. The average Bonchev–Trinajstić information content (AvgIpc) is 3.17. The van der Waals surface area contributed by atoms with E-state index in [9.17, 15) is 22.3 Å². The van der Waals surface area contributed by atoms with Crippen LogP contribution < -0.4 is 0 Å². The quantitative estimate of drug-likeness (QED) is 0.429. The predicted molar refractivity (Wildman–Crippen MR) is 138 cm³/mol. The summed E-state index contributed by atoms with van der Waals surface area (Å²) in [7, 11) is -7.23. The Bertz CT molecular complexity index is 1320. The van der Waals surface area contributed by atoms with Crippen molar-refractivity contribution in [1.82, 2.24) is 4.90 Å². The van der Waals surface area contributed by atoms with Gasteiger partial charge in [0.15, 0.2) is 15.6 Å². The van der Waals surface area contributed by atoms with Crippen LogP contribution in [-0.4, -0.2) is 47.0 Å². The molecule has 1 unspecified atom stereocenters. The number of piperidine rings is 1. The molecule has 1 atom stereocenters. The van der Waals surface area contributed by atoms with Crippen LogP contribution in [0, 0.1) is 5.92 Å². The largest absolute Gasteiger partial charge is 0.299 e. The number of benzene rings is 3. The van der Waals surface area contributed by atoms with Crippen LogP contribution in [0.2, 0.25) is 0 Å². The highest BCUT2D eigenvalue weighted by molar-refractivity contribution is 8.25. The second kappa shape index (κ2) is 9.52. The van der Waals surface area contributed by atoms with E-state index < -0.39 is 25.7 Å². The Morgan fingerprint density at radius 1 is 0.886 bits per heavy atom. The summed E-state index contributed by atoms with van der Waals surface area (Å²) in [6.45, 7) is 2.39. The molecule has 3 aromatic carbocycles. The molecule has 8 heteroatoms. The van der Waals surface area contributed by atoms with Crippen LogP contribution in [-0.2, 0) is 16.4 Å². The lowest BCUT2D eigenvalue weighted by molar-refractivity contribution is 0.0833. The van der Waals surface area contributed by atoms with Gasteiger partial charge in [0.25, 0.3) is 0 Å². The maximum Gasteiger partial charge on any atom is 0.187 e. The zero-order valence-electron chi connectivity index (χ0n) is 19.3. The maximum absolute atomic E-state index is 13.7. The van der Waals surface area contributed by atoms with E-state index in [-0.39, 0.29) is 32.8 Å². The van der Waals surface area contributed by atoms with Crippen LogP contribution in [0.3, 0.4) is 0 Å². The molecular formula is C27H29NO5S2. The minimum atomic E-state index is -3.91. The molecule has 0 spiro atoms. The average molecular weight is 512 g/mol. The van der Waals surface area contributed by atoms with Crippen LogP contribution in [0.1, 0.15) is 39.6 Å². The van der Waals surface area contributed by atoms with E-state index in [0.29, 0.717) is 18.4 Å². The summed E-state index contributed by atoms with van der Waals surface area (Å²) in [5.41, 5.74) is 1.82. The van der Waals surface area contributed by atoms with Gasteiger partial charge in [0.1, 0.15) is 5.25 Å². The zero-order chi connectivity index (χ0) is 24.6. The fraction of sp³-hybridized carbons (Fsp3) is 0.296. The number of ketones is 1. The molecule has 6 nitrogen and oxygen atoms in total. The van der Waals surface area contributed by atoms with Gasteiger partial charge in [0.2, 0.25) is 0 Å². The van der Waals surface area contributed by atoms with Crippen molar-refractivity contribution < 1.29 is 22.3 Å². The molecule has 2 aliphatic rings. The van der Waals surface area contributed by atoms with Crippen LogP contribution in [0.4, 0.5) is 0 Å². The second-order valence-electron chi connectivity index (χ2n) is 9.30. The first kappa shape index (κ1) is 24.2. The zero-order valence-corrected chi connectivity index (χ0v) is 20.9. The Morgan fingerprint density at radius 3 is 2.17 bits per heavy atom. The summed E-state index contributed by atoms with van der Waals surface area (Å²) < 4.78 is 48.6. The number of rotatable bonds is 6. The molecule has 0 amide bonds. The molecule has 0 aliphatic carbocycles. The van der Waals surface area contributed by atoms with Gasteiger partial charge in [-0.05, 0) is 49.7 Å². The molecule has 0 aromatic heterocycles. The van der Waals surface area contributed by atoms with Gasteiger partial charge in [-0.3, -0.25) is 18.8 Å². The van der Waals surface area contributed by atoms with Crippen molar-refractivity contribution in [1.29, 1.82) is 0 Å². The Labute approximate surface area is 207 Å². The van der Waals surface area contributed by atoms with Crippen molar-refractivity contribution in [3.63, 3.8) is 0 Å². The summed E-state index contributed by atoms with van der Waals surface area (Å²) in [5, 5.41) is -1.16. The Morgan fingerprint density at radius 2 is 1.51 bits per heavy atom. The molecule has 2 aliphatic heterocycles. The third-order valence-electron chi connectivity index (χ3n) is 7.04. The van der Waals surface area contributed by atoms with E-state index in [4.69, 9.17) is 0 Å². The number of likely N-dealkylation sites (tertiary alicyclic amines) is 1. The molecule has 5 rings (SSSR count). The van der Waals surface area contributed by atoms with Gasteiger partial charge in [-0.15, -0.1) is 0 Å². The van der Waals surface area contributed by atoms with E-state index in [1.54, 1.807) is 36.4 Å². The Hall–Kier alpha value is -2.49. The molecule has 2 N–H and O–H groups in total. The van der Waals surface area contributed by atoms with Crippen LogP contribution in [0.25, 0.3) is 0 Å². The monoisotopic (exact) mass is 511 g/mol. The lowest BCUT2D eigenvalue weighted by Gasteiger charge is -2.31. The van der Waals surface area contributed by atoms with Crippen molar-refractivity contribution in [2.45, 2.75) is 34.4 Å². The number of carbonyl (C=O) groups excluding carboxylic acids is 1. The number of hydrogen-bond donors (Lipinski definition) is 2. The maximum atomic E-state index is 13.7. The molecule has 3 aromatic rings. The lowest BCUT2D eigenvalue weighted by atomic mass is 9.86. The van der Waals surface area contributed by atoms with Crippen molar-refractivity contribution >= 4 is 26.2 Å². The van der Waals surface area contributed by atoms with Crippen LogP contribution in [0.5, 0.6) is 0 Å². The van der Waals surface area contributed by atoms with E-state index in [2.05, 4.69) is 17.0 Å². The lowest BCUT2D eigenvalue weighted by Crippen LogP contribution is -2.36. The number of carbonyl (C=O) groups is 1. The number of nitrogens with zero attached hydrogens (tertiary/aromatic N) is 1. The molecule has 1 fully saturated rings. The number of Topliss-reactive ketones (excluding diaryl/α,β-unsaturated/α-hetero) is 1. The van der Waals surface area contributed by atoms with Gasteiger partial charge in [-0.25, -0.2) is 8.42 Å². The van der Waals surface area contributed by atoms with Crippen LogP contribution in [0.15, 0.2) is 88.7 Å². The fourth-order valence-electron chi connectivity index (χ4n) is 5.19. The molecule has 0 bridgehead atoms. The molecular weight excluding hydrogens is 482 g/mol. The highest BCUT2D eigenvalue weighted by Gasteiger charge is 2.45. The summed E-state index contributed by atoms with van der Waals surface area (Å²) >= 11 is 0. The highest BCUT2D eigenvalue weighted by Crippen LogP contribution is 2.62. The van der Waals surface area contributed by atoms with Crippen molar-refractivity contribution in [2.75, 3.05) is 18.8 Å². The Kier molecular flexibility index (Phi) is 6.59. The van der Waals surface area contributed by atoms with Gasteiger partial charge < -0.3 is 0 Å². The molecule has 1 saturated heterocycles. The molecule has 184 valence electrons. The first-order valence-electron chi connectivity index (χ1n) is 11.8. The van der Waals surface area contributed by atoms with E-state index in [1.807, 2.05) is 18.2 Å². The molecule has 0 radical (unpaired) electrons. The fourth-order valence-corrected chi connectivity index (χ4v) is 9.65. The SMILES string of the molecule is O=C(c1cccc2c1C(S(=O)(=O)c1ccccc1)CS2(O)O)C1CCN(Cc2ccccc2)CC1. The molecule has 0 saturated carbocycles. The minimum absolute atomic E-state index is 0.105. The summed E-state index contributed by atoms with van der Waals surface area (Å²) in [5.74, 6) is -0.651. The van der Waals surface area contributed by atoms with Gasteiger partial charge in [-0.2, -0.15) is 10.6 Å². The Balaban J connectivity index is 1.41. The van der Waals surface area contributed by atoms with Crippen molar-refractivity contribution in [2.24, 2.45) is 5.92 Å². The summed E-state index contributed by atoms with van der Waals surface area (Å²) in [4.78, 5) is 16.3. The highest BCUT2D eigenvalue weighted by atomic mass is 32.3. The van der Waals surface area contributed by atoms with E-state index in [0.717, 1.165) is 19.6 Å². The van der Waals surface area contributed by atoms with Gasteiger partial charge in [0, 0.05) is 23.6 Å². The third kappa shape index (κ3) is 4.69. The predicted octanol–water partition coefficient (Wildman–Crippen LogP) is 5.42. The standard InChI is InChI=1S/C27H29NO5S2/c29-27(21-14-16-28(17-15-21)18-20-8-3-1-4-9-20)23-12-7-13-24-26(23)25(19-34(24,30)31)35(32,33)22-10-5-2-6-11-22/h1-13,21,25,30-31H,14-19H2. The van der Waals surface area contributed by atoms with E-state index >= 15 is 0 Å². The third-order valence-corrected chi connectivity index (χ3v) is 11.2. The van der Waals surface area contributed by atoms with Crippen molar-refractivity contribution in [3.05, 3.63) is 95.6 Å². The van der Waals surface area contributed by atoms with Gasteiger partial charge >= 0.3 is 0 Å². The van der Waals surface area contributed by atoms with Gasteiger partial charge in [0.05, 0.1) is 15.5 Å². The van der Waals surface area contributed by atoms with E-state index in [1.165, 1.54) is 17.7 Å². The first-order valence-corrected chi connectivity index (χ1v) is 15.0. The van der Waals surface area contributed by atoms with Gasteiger partial charge in [-0.1, -0.05) is 60.7 Å². The summed E-state index contributed by atoms with van der Waals surface area (Å²) in [6, 6.07) is 23.1. The normalized spacial score (nSPS) is 21.4. The second-order valence-corrected chi connectivity index (χ2v) is 13.5.